The summed E-state index contributed by atoms with van der Waals surface area (Å²) in [4.78, 5) is 0. The predicted octanol–water partition coefficient (Wildman–Crippen LogP) is 3.04. The first-order valence-electron chi connectivity index (χ1n) is 4.43. The lowest BCUT2D eigenvalue weighted by Crippen LogP contribution is -2.32. The minimum atomic E-state index is -0.597. The quantitative estimate of drug-likeness (QED) is 0.571. The van der Waals surface area contributed by atoms with Crippen molar-refractivity contribution in [2.24, 2.45) is 5.73 Å². The van der Waals surface area contributed by atoms with Gasteiger partial charge in [-0.3, -0.25) is 0 Å². The summed E-state index contributed by atoms with van der Waals surface area (Å²) in [6.07, 6.45) is -0.358. The number of ether oxygens (including phenoxy) is 1. The Bertz CT molecular complexity index is 294. The molecule has 0 unspecified atom stereocenters. The van der Waals surface area contributed by atoms with Crippen LogP contribution in [-0.2, 0) is 4.74 Å². The molecule has 2 nitrogen and oxygen atoms in total. The maximum absolute atomic E-state index is 12.5. The lowest BCUT2D eigenvalue weighted by Gasteiger charge is -2.21. The van der Waals surface area contributed by atoms with Gasteiger partial charge < -0.3 is 10.5 Å². The standard InChI is InChI=1S/C10H12FI2NO/c11-5-9(14)10(15-6-12)7-1-3-8(13)4-2-7/h1-4,9-10H,5-6,14H2/t9-,10-/m1/s1. The molecule has 0 bridgehead atoms. The zero-order valence-electron chi connectivity index (χ0n) is 8.00. The molecule has 84 valence electrons. The molecule has 0 heterocycles. The molecule has 0 radical (unpaired) electrons. The monoisotopic (exact) mass is 435 g/mol. The Morgan fingerprint density at radius 3 is 2.40 bits per heavy atom. The molecule has 0 spiro atoms. The molecule has 1 aromatic carbocycles. The maximum atomic E-state index is 12.5. The molecule has 0 amide bonds. The van der Waals surface area contributed by atoms with E-state index in [1.54, 1.807) is 0 Å². The summed E-state index contributed by atoms with van der Waals surface area (Å²) in [6, 6.07) is 7.18. The Kier molecular flexibility index (Phi) is 6.32. The highest BCUT2D eigenvalue weighted by atomic mass is 127. The highest BCUT2D eigenvalue weighted by Crippen LogP contribution is 2.22. The third-order valence-corrected chi connectivity index (χ3v) is 3.09. The van der Waals surface area contributed by atoms with Gasteiger partial charge in [0, 0.05) is 3.57 Å². The van der Waals surface area contributed by atoms with Gasteiger partial charge in [0.05, 0.1) is 10.7 Å². The second-order valence-corrected chi connectivity index (χ2v) is 4.93. The first-order chi connectivity index (χ1) is 7.19. The van der Waals surface area contributed by atoms with E-state index in [9.17, 15) is 4.39 Å². The molecule has 1 aromatic rings. The van der Waals surface area contributed by atoms with Crippen molar-refractivity contribution in [3.8, 4) is 0 Å². The Balaban J connectivity index is 2.83. The Morgan fingerprint density at radius 2 is 1.93 bits per heavy atom. The fourth-order valence-corrected chi connectivity index (χ4v) is 2.02. The van der Waals surface area contributed by atoms with Crippen molar-refractivity contribution in [2.75, 3.05) is 11.3 Å². The molecule has 15 heavy (non-hydrogen) atoms. The number of benzene rings is 1. The Morgan fingerprint density at radius 1 is 1.33 bits per heavy atom. The van der Waals surface area contributed by atoms with E-state index in [-0.39, 0.29) is 6.10 Å². The third kappa shape index (κ3) is 4.12. The van der Waals surface area contributed by atoms with Gasteiger partial charge in [0.2, 0.25) is 0 Å². The second-order valence-electron chi connectivity index (χ2n) is 3.07. The third-order valence-electron chi connectivity index (χ3n) is 2.01. The zero-order chi connectivity index (χ0) is 11.3. The summed E-state index contributed by atoms with van der Waals surface area (Å²) < 4.78 is 19.6. The van der Waals surface area contributed by atoms with Gasteiger partial charge in [0.25, 0.3) is 0 Å². The molecule has 0 saturated carbocycles. The summed E-state index contributed by atoms with van der Waals surface area (Å²) >= 11 is 4.30. The molecule has 0 aliphatic rings. The Hall–Kier alpha value is 0.530. The van der Waals surface area contributed by atoms with Crippen LogP contribution in [0.1, 0.15) is 11.7 Å². The molecule has 0 aromatic heterocycles. The summed E-state index contributed by atoms with van der Waals surface area (Å²) in [5, 5.41) is 0. The highest BCUT2D eigenvalue weighted by molar-refractivity contribution is 14.1. The molecule has 0 saturated heterocycles. The van der Waals surface area contributed by atoms with Crippen molar-refractivity contribution in [1.29, 1.82) is 0 Å². The minimum absolute atomic E-state index is 0.358. The van der Waals surface area contributed by atoms with Crippen LogP contribution in [0.3, 0.4) is 0 Å². The second kappa shape index (κ2) is 6.97. The summed E-state index contributed by atoms with van der Waals surface area (Å²) in [5.41, 5.74) is 6.60. The van der Waals surface area contributed by atoms with E-state index in [2.05, 4.69) is 45.2 Å². The van der Waals surface area contributed by atoms with Crippen LogP contribution in [-0.4, -0.2) is 17.3 Å². The fraction of sp³-hybridized carbons (Fsp3) is 0.400. The molecule has 2 atom stereocenters. The summed E-state index contributed by atoms with van der Waals surface area (Å²) in [7, 11) is 0. The summed E-state index contributed by atoms with van der Waals surface area (Å²) in [6.45, 7) is -0.576. The highest BCUT2D eigenvalue weighted by Gasteiger charge is 2.20. The fourth-order valence-electron chi connectivity index (χ4n) is 1.27. The van der Waals surface area contributed by atoms with Gasteiger partial charge in [0.15, 0.2) is 0 Å². The van der Waals surface area contributed by atoms with Gasteiger partial charge in [-0.25, -0.2) is 4.39 Å². The number of alkyl halides is 2. The van der Waals surface area contributed by atoms with Crippen LogP contribution in [0.4, 0.5) is 4.39 Å². The summed E-state index contributed by atoms with van der Waals surface area (Å²) in [5.74, 6) is 0. The number of nitrogens with two attached hydrogens (primary N) is 1. The predicted molar refractivity (Wildman–Crippen MR) is 75.8 cm³/mol. The van der Waals surface area contributed by atoms with E-state index in [4.69, 9.17) is 10.5 Å². The van der Waals surface area contributed by atoms with Crippen LogP contribution in [0, 0.1) is 3.57 Å². The van der Waals surface area contributed by atoms with Gasteiger partial charge in [-0.1, -0.05) is 34.7 Å². The van der Waals surface area contributed by atoms with Gasteiger partial charge in [0.1, 0.15) is 12.8 Å². The maximum Gasteiger partial charge on any atom is 0.107 e. The van der Waals surface area contributed by atoms with Crippen LogP contribution in [0.25, 0.3) is 0 Å². The van der Waals surface area contributed by atoms with Crippen molar-refractivity contribution in [3.63, 3.8) is 0 Å². The average Bonchev–Trinajstić information content (AvgIpc) is 2.26. The molecule has 0 aliphatic carbocycles. The van der Waals surface area contributed by atoms with Crippen molar-refractivity contribution in [3.05, 3.63) is 33.4 Å². The number of hydrogen-bond donors (Lipinski definition) is 1. The first-order valence-corrected chi connectivity index (χ1v) is 7.04. The van der Waals surface area contributed by atoms with Gasteiger partial charge >= 0.3 is 0 Å². The molecule has 1 rings (SSSR count). The molecule has 5 heteroatoms. The lowest BCUT2D eigenvalue weighted by atomic mass is 10.0. The smallest absolute Gasteiger partial charge is 0.107 e. The molecule has 2 N–H and O–H groups in total. The van der Waals surface area contributed by atoms with Crippen LogP contribution in [0.2, 0.25) is 0 Å². The van der Waals surface area contributed by atoms with E-state index in [1.165, 1.54) is 0 Å². The number of rotatable bonds is 5. The average molecular weight is 435 g/mol. The lowest BCUT2D eigenvalue weighted by molar-refractivity contribution is 0.0667. The first kappa shape index (κ1) is 13.6. The molecule has 0 aliphatic heterocycles. The Labute approximate surface area is 116 Å². The van der Waals surface area contributed by atoms with Crippen molar-refractivity contribution >= 4 is 45.2 Å². The van der Waals surface area contributed by atoms with Crippen LogP contribution in [0.15, 0.2) is 24.3 Å². The number of hydrogen-bond acceptors (Lipinski definition) is 2. The minimum Gasteiger partial charge on any atom is -0.361 e. The topological polar surface area (TPSA) is 35.2 Å². The van der Waals surface area contributed by atoms with Gasteiger partial charge in [-0.05, 0) is 40.3 Å². The number of halogens is 3. The van der Waals surface area contributed by atoms with Crippen molar-refractivity contribution in [2.45, 2.75) is 12.1 Å². The van der Waals surface area contributed by atoms with Crippen LogP contribution < -0.4 is 5.73 Å². The van der Waals surface area contributed by atoms with Crippen LogP contribution in [0.5, 0.6) is 0 Å². The molecule has 0 fully saturated rings. The van der Waals surface area contributed by atoms with Crippen molar-refractivity contribution < 1.29 is 9.13 Å². The van der Waals surface area contributed by atoms with E-state index in [1.807, 2.05) is 24.3 Å². The van der Waals surface area contributed by atoms with Crippen molar-refractivity contribution in [1.82, 2.24) is 0 Å². The largest absolute Gasteiger partial charge is 0.361 e. The zero-order valence-corrected chi connectivity index (χ0v) is 12.3. The van der Waals surface area contributed by atoms with E-state index >= 15 is 0 Å². The van der Waals surface area contributed by atoms with E-state index in [0.29, 0.717) is 4.61 Å². The molecular formula is C10H12FI2NO. The van der Waals surface area contributed by atoms with Crippen LogP contribution >= 0.6 is 45.2 Å². The van der Waals surface area contributed by atoms with Gasteiger partial charge in [-0.15, -0.1) is 0 Å². The molecular weight excluding hydrogens is 423 g/mol. The normalized spacial score (nSPS) is 14.9. The SMILES string of the molecule is N[C@H](CF)[C@H](OCI)c1ccc(I)cc1. The van der Waals surface area contributed by atoms with E-state index < -0.39 is 12.7 Å². The van der Waals surface area contributed by atoms with E-state index in [0.717, 1.165) is 9.13 Å². The van der Waals surface area contributed by atoms with Gasteiger partial charge in [-0.2, -0.15) is 0 Å².